The number of ether oxygens (including phenoxy) is 2. The second kappa shape index (κ2) is 8.93. The molecule has 2 bridgehead atoms. The second-order valence-electron chi connectivity index (χ2n) is 8.04. The monoisotopic (exact) mass is 455 g/mol. The van der Waals surface area contributed by atoms with Crippen molar-refractivity contribution in [1.29, 1.82) is 0 Å². The predicted molar refractivity (Wildman–Crippen MR) is 116 cm³/mol. The van der Waals surface area contributed by atoms with Crippen molar-refractivity contribution < 1.29 is 14.3 Å². The Hall–Kier alpha value is -2.89. The molecule has 2 aliphatic heterocycles. The van der Waals surface area contributed by atoms with Gasteiger partial charge in [0.25, 0.3) is 5.91 Å². The maximum absolute atomic E-state index is 13.1. The molecule has 0 radical (unpaired) electrons. The zero-order valence-electron chi connectivity index (χ0n) is 18.0. The van der Waals surface area contributed by atoms with Crippen LogP contribution in [0.1, 0.15) is 31.8 Å². The molecular weight excluding hydrogens is 430 g/mol. The summed E-state index contributed by atoms with van der Waals surface area (Å²) in [4.78, 5) is 25.4. The number of rotatable bonds is 2. The number of aryl methyl sites for hydroxylation is 2. The standard InChI is InChI=1S/C21H25N7O3S/c1-13-19(32-14(2)23-13)11-27-9-16-18(10-27)31-12-15-8-28(26-25-15)6-7-30-17-4-3-5-22-20(17)21(29)24-16/h3-5,8,16,18H,6-7,9-12H2,1-2H3,(H,24,29)/t16-,18-/m0/s1. The third-order valence-electron chi connectivity index (χ3n) is 5.62. The molecule has 10 nitrogen and oxygen atoms in total. The lowest BCUT2D eigenvalue weighted by Gasteiger charge is -2.20. The molecule has 0 spiro atoms. The lowest BCUT2D eigenvalue weighted by Crippen LogP contribution is -2.44. The summed E-state index contributed by atoms with van der Waals surface area (Å²) >= 11 is 1.71. The number of likely N-dealkylation sites (tertiary alicyclic amines) is 1. The van der Waals surface area contributed by atoms with Crippen molar-refractivity contribution in [1.82, 2.24) is 35.2 Å². The van der Waals surface area contributed by atoms with E-state index in [1.165, 1.54) is 4.88 Å². The van der Waals surface area contributed by atoms with Crippen LogP contribution in [-0.2, 0) is 24.4 Å². The molecule has 32 heavy (non-hydrogen) atoms. The molecule has 3 aromatic rings. The van der Waals surface area contributed by atoms with Gasteiger partial charge in [-0.15, -0.1) is 16.4 Å². The number of aromatic nitrogens is 5. The summed E-state index contributed by atoms with van der Waals surface area (Å²) < 4.78 is 13.8. The predicted octanol–water partition coefficient (Wildman–Crippen LogP) is 1.34. The number of amides is 1. The van der Waals surface area contributed by atoms with Crippen LogP contribution in [0.2, 0.25) is 0 Å². The normalized spacial score (nSPS) is 21.9. The summed E-state index contributed by atoms with van der Waals surface area (Å²) in [5.74, 6) is 0.185. The number of hydrogen-bond acceptors (Lipinski definition) is 9. The lowest BCUT2D eigenvalue weighted by molar-refractivity contribution is 0.0292. The second-order valence-corrected chi connectivity index (χ2v) is 9.32. The number of thiazole rings is 1. The summed E-state index contributed by atoms with van der Waals surface area (Å²) in [7, 11) is 0. The molecule has 0 saturated carbocycles. The third kappa shape index (κ3) is 4.50. The summed E-state index contributed by atoms with van der Waals surface area (Å²) in [6, 6.07) is 3.32. The van der Waals surface area contributed by atoms with Gasteiger partial charge in [-0.1, -0.05) is 5.21 Å². The Morgan fingerprint density at radius 1 is 1.31 bits per heavy atom. The molecule has 5 heterocycles. The van der Waals surface area contributed by atoms with E-state index in [1.807, 2.05) is 20.0 Å². The molecule has 1 N–H and O–H groups in total. The van der Waals surface area contributed by atoms with Gasteiger partial charge >= 0.3 is 0 Å². The first-order valence-corrected chi connectivity index (χ1v) is 11.4. The Bertz CT molecular complexity index is 1110. The van der Waals surface area contributed by atoms with Gasteiger partial charge in [-0.3, -0.25) is 9.69 Å². The van der Waals surface area contributed by atoms with Gasteiger partial charge in [0.15, 0.2) is 11.4 Å². The molecule has 3 aromatic heterocycles. The van der Waals surface area contributed by atoms with Crippen molar-refractivity contribution in [3.8, 4) is 5.75 Å². The summed E-state index contributed by atoms with van der Waals surface area (Å²) in [5.41, 5.74) is 2.08. The van der Waals surface area contributed by atoms with E-state index in [1.54, 1.807) is 34.3 Å². The van der Waals surface area contributed by atoms with Crippen LogP contribution in [0.3, 0.4) is 0 Å². The van der Waals surface area contributed by atoms with Gasteiger partial charge in [-0.2, -0.15) is 0 Å². The zero-order valence-corrected chi connectivity index (χ0v) is 18.8. The highest BCUT2D eigenvalue weighted by Gasteiger charge is 2.36. The van der Waals surface area contributed by atoms with Crippen LogP contribution < -0.4 is 10.1 Å². The fourth-order valence-electron chi connectivity index (χ4n) is 4.08. The van der Waals surface area contributed by atoms with E-state index >= 15 is 0 Å². The van der Waals surface area contributed by atoms with Gasteiger partial charge in [0, 0.05) is 30.7 Å². The molecule has 1 saturated heterocycles. The molecule has 5 rings (SSSR count). The maximum atomic E-state index is 13.1. The molecule has 1 amide bonds. The third-order valence-corrected chi connectivity index (χ3v) is 6.68. The molecule has 2 aliphatic rings. The van der Waals surface area contributed by atoms with Crippen LogP contribution in [-0.4, -0.2) is 67.6 Å². The minimum absolute atomic E-state index is 0.186. The van der Waals surface area contributed by atoms with Crippen LogP contribution in [0.15, 0.2) is 24.5 Å². The average molecular weight is 456 g/mol. The van der Waals surface area contributed by atoms with Gasteiger partial charge in [-0.05, 0) is 26.0 Å². The first-order chi connectivity index (χ1) is 15.5. The minimum atomic E-state index is -0.264. The minimum Gasteiger partial charge on any atom is -0.489 e. The fourth-order valence-corrected chi connectivity index (χ4v) is 5.06. The highest BCUT2D eigenvalue weighted by Crippen LogP contribution is 2.24. The molecule has 2 atom stereocenters. The Kier molecular flexibility index (Phi) is 5.85. The van der Waals surface area contributed by atoms with Crippen molar-refractivity contribution >= 4 is 17.2 Å². The van der Waals surface area contributed by atoms with E-state index < -0.39 is 0 Å². The molecule has 0 aliphatic carbocycles. The van der Waals surface area contributed by atoms with Gasteiger partial charge in [-0.25, -0.2) is 14.6 Å². The zero-order chi connectivity index (χ0) is 22.1. The van der Waals surface area contributed by atoms with Crippen molar-refractivity contribution in [2.45, 2.75) is 45.7 Å². The van der Waals surface area contributed by atoms with E-state index in [0.29, 0.717) is 38.6 Å². The lowest BCUT2D eigenvalue weighted by atomic mass is 10.2. The number of carbonyl (C=O) groups is 1. The van der Waals surface area contributed by atoms with E-state index in [0.717, 1.165) is 22.9 Å². The SMILES string of the molecule is Cc1nc(C)c(CN2C[C@@H]3NC(=O)c4ncccc4OCCn4cc(nn4)CO[C@H]3C2)s1. The first kappa shape index (κ1) is 21.0. The Morgan fingerprint density at radius 2 is 2.22 bits per heavy atom. The molecule has 0 unspecified atom stereocenters. The van der Waals surface area contributed by atoms with E-state index in [-0.39, 0.29) is 23.7 Å². The number of nitrogens with one attached hydrogen (secondary N) is 1. The summed E-state index contributed by atoms with van der Waals surface area (Å²) in [6.45, 7) is 7.39. The Balaban J connectivity index is 1.39. The highest BCUT2D eigenvalue weighted by molar-refractivity contribution is 7.11. The number of pyridine rings is 1. The van der Waals surface area contributed by atoms with Gasteiger partial charge in [0.2, 0.25) is 0 Å². The number of fused-ring (bicyclic) bond motifs is 4. The largest absolute Gasteiger partial charge is 0.489 e. The topological polar surface area (TPSA) is 107 Å². The molecule has 0 aromatic carbocycles. The molecule has 11 heteroatoms. The smallest absolute Gasteiger partial charge is 0.274 e. The van der Waals surface area contributed by atoms with E-state index in [2.05, 4.69) is 30.5 Å². The van der Waals surface area contributed by atoms with Crippen LogP contribution in [0, 0.1) is 13.8 Å². The maximum Gasteiger partial charge on any atom is 0.274 e. The highest BCUT2D eigenvalue weighted by atomic mass is 32.1. The molecule has 1 fully saturated rings. The molecule has 168 valence electrons. The summed E-state index contributed by atoms with van der Waals surface area (Å²) in [5, 5.41) is 12.5. The Labute approximate surface area is 189 Å². The van der Waals surface area contributed by atoms with Crippen LogP contribution in [0.5, 0.6) is 5.75 Å². The van der Waals surface area contributed by atoms with Crippen molar-refractivity contribution in [3.63, 3.8) is 0 Å². The van der Waals surface area contributed by atoms with Crippen molar-refractivity contribution in [2.24, 2.45) is 0 Å². The van der Waals surface area contributed by atoms with Gasteiger partial charge in [0.1, 0.15) is 12.3 Å². The van der Waals surface area contributed by atoms with Crippen molar-refractivity contribution in [3.05, 3.63) is 51.5 Å². The number of carbonyl (C=O) groups excluding carboxylic acids is 1. The average Bonchev–Trinajstić information content (AvgIpc) is 3.46. The quantitative estimate of drug-likeness (QED) is 0.617. The van der Waals surface area contributed by atoms with E-state index in [9.17, 15) is 4.79 Å². The van der Waals surface area contributed by atoms with Crippen molar-refractivity contribution in [2.75, 3.05) is 19.7 Å². The first-order valence-electron chi connectivity index (χ1n) is 10.6. The van der Waals surface area contributed by atoms with Crippen LogP contribution in [0.4, 0.5) is 0 Å². The fraction of sp³-hybridized carbons (Fsp3) is 0.476. The van der Waals surface area contributed by atoms with Crippen LogP contribution >= 0.6 is 11.3 Å². The van der Waals surface area contributed by atoms with E-state index in [4.69, 9.17) is 9.47 Å². The number of hydrogen-bond donors (Lipinski definition) is 1. The van der Waals surface area contributed by atoms with Gasteiger partial charge in [0.05, 0.1) is 42.2 Å². The Morgan fingerprint density at radius 3 is 3.06 bits per heavy atom. The van der Waals surface area contributed by atoms with Gasteiger partial charge < -0.3 is 14.8 Å². The number of nitrogens with zero attached hydrogens (tertiary/aromatic N) is 6. The van der Waals surface area contributed by atoms with Crippen LogP contribution in [0.25, 0.3) is 0 Å². The summed E-state index contributed by atoms with van der Waals surface area (Å²) in [6.07, 6.45) is 3.27. The molecular formula is C21H25N7O3S.